The van der Waals surface area contributed by atoms with Crippen LogP contribution in [0.4, 0.5) is 0 Å². The molecule has 0 fully saturated rings. The van der Waals surface area contributed by atoms with Gasteiger partial charge in [0.15, 0.2) is 0 Å². The summed E-state index contributed by atoms with van der Waals surface area (Å²) in [4.78, 5) is 27.8. The molecule has 1 atom stereocenters. The van der Waals surface area contributed by atoms with Crippen LogP contribution in [0, 0.1) is 12.8 Å². The molecular formula is C25H33ClN2O2S. The molecule has 0 heterocycles. The van der Waals surface area contributed by atoms with E-state index in [1.54, 1.807) is 16.7 Å². The van der Waals surface area contributed by atoms with E-state index in [0.29, 0.717) is 36.2 Å². The Bertz CT molecular complexity index is 855. The summed E-state index contributed by atoms with van der Waals surface area (Å²) in [5.74, 6) is 1.32. The zero-order valence-corrected chi connectivity index (χ0v) is 20.4. The van der Waals surface area contributed by atoms with Crippen molar-refractivity contribution in [3.8, 4) is 0 Å². The van der Waals surface area contributed by atoms with Gasteiger partial charge >= 0.3 is 0 Å². The highest BCUT2D eigenvalue weighted by Gasteiger charge is 2.28. The molecule has 0 aliphatic heterocycles. The minimum Gasteiger partial charge on any atom is -0.354 e. The third kappa shape index (κ3) is 8.58. The van der Waals surface area contributed by atoms with Crippen LogP contribution in [-0.4, -0.2) is 35.1 Å². The number of aryl methyl sites for hydroxylation is 1. The number of carbonyl (C=O) groups excluding carboxylic acids is 2. The highest BCUT2D eigenvalue weighted by Crippen LogP contribution is 2.19. The molecule has 4 nitrogen and oxygen atoms in total. The predicted molar refractivity (Wildman–Crippen MR) is 131 cm³/mol. The van der Waals surface area contributed by atoms with Gasteiger partial charge in [0.25, 0.3) is 0 Å². The van der Waals surface area contributed by atoms with E-state index in [0.717, 1.165) is 11.3 Å². The van der Waals surface area contributed by atoms with Gasteiger partial charge in [-0.25, -0.2) is 0 Å². The van der Waals surface area contributed by atoms with Crippen LogP contribution >= 0.6 is 23.4 Å². The molecule has 0 radical (unpaired) electrons. The average Bonchev–Trinajstić information content (AvgIpc) is 2.73. The van der Waals surface area contributed by atoms with E-state index < -0.39 is 6.04 Å². The van der Waals surface area contributed by atoms with Gasteiger partial charge < -0.3 is 10.2 Å². The van der Waals surface area contributed by atoms with Crippen LogP contribution in [0.1, 0.15) is 43.9 Å². The summed E-state index contributed by atoms with van der Waals surface area (Å²) in [6.07, 6.45) is 0.561. The molecule has 6 heteroatoms. The summed E-state index contributed by atoms with van der Waals surface area (Å²) in [6.45, 7) is 9.10. The number of nitrogens with zero attached hydrogens (tertiary/aromatic N) is 1. The summed E-state index contributed by atoms with van der Waals surface area (Å²) >= 11 is 7.59. The van der Waals surface area contributed by atoms with Crippen LogP contribution in [0.15, 0.2) is 48.5 Å². The fourth-order valence-electron chi connectivity index (χ4n) is 3.27. The lowest BCUT2D eigenvalue weighted by atomic mass is 10.1. The van der Waals surface area contributed by atoms with Gasteiger partial charge in [-0.1, -0.05) is 74.3 Å². The molecular weight excluding hydrogens is 428 g/mol. The third-order valence-electron chi connectivity index (χ3n) is 4.91. The lowest BCUT2D eigenvalue weighted by molar-refractivity contribution is -0.139. The first-order chi connectivity index (χ1) is 14.8. The lowest BCUT2D eigenvalue weighted by Crippen LogP contribution is -2.50. The topological polar surface area (TPSA) is 49.4 Å². The van der Waals surface area contributed by atoms with E-state index in [1.165, 1.54) is 11.1 Å². The van der Waals surface area contributed by atoms with Crippen molar-refractivity contribution in [2.24, 2.45) is 5.92 Å². The van der Waals surface area contributed by atoms with E-state index in [4.69, 9.17) is 11.6 Å². The number of hydrogen-bond acceptors (Lipinski definition) is 3. The Kier molecular flexibility index (Phi) is 10.4. The summed E-state index contributed by atoms with van der Waals surface area (Å²) in [5.41, 5.74) is 3.36. The van der Waals surface area contributed by atoms with Gasteiger partial charge in [-0.2, -0.15) is 0 Å². The monoisotopic (exact) mass is 460 g/mol. The van der Waals surface area contributed by atoms with Crippen LogP contribution in [0.25, 0.3) is 0 Å². The first-order valence-corrected chi connectivity index (χ1v) is 12.3. The summed E-state index contributed by atoms with van der Waals surface area (Å²) < 4.78 is 0. The van der Waals surface area contributed by atoms with E-state index in [-0.39, 0.29) is 11.8 Å². The van der Waals surface area contributed by atoms with E-state index >= 15 is 0 Å². The number of carbonyl (C=O) groups is 2. The third-order valence-corrected chi connectivity index (χ3v) is 6.15. The maximum absolute atomic E-state index is 13.2. The Labute approximate surface area is 195 Å². The molecule has 2 amide bonds. The second-order valence-corrected chi connectivity index (χ2v) is 9.62. The van der Waals surface area contributed by atoms with Crippen LogP contribution in [0.5, 0.6) is 0 Å². The molecule has 0 aliphatic carbocycles. The Morgan fingerprint density at radius 1 is 1.10 bits per heavy atom. The Morgan fingerprint density at radius 2 is 1.81 bits per heavy atom. The largest absolute Gasteiger partial charge is 0.354 e. The standard InChI is InChI=1S/C25H33ClN2O2S/c1-5-23(25(30)27-14-18(2)3)28(15-20-9-11-22(26)12-10-20)24(29)17-31-16-21-8-6-7-19(4)13-21/h6-13,18,23H,5,14-17H2,1-4H3,(H,27,30)/t23-/m0/s1. The number of hydrogen-bond donors (Lipinski definition) is 1. The maximum Gasteiger partial charge on any atom is 0.242 e. The van der Waals surface area contributed by atoms with Crippen molar-refractivity contribution < 1.29 is 9.59 Å². The molecule has 0 saturated carbocycles. The summed E-state index contributed by atoms with van der Waals surface area (Å²) in [5, 5.41) is 3.64. The minimum absolute atomic E-state index is 0.0286. The second kappa shape index (κ2) is 12.8. The van der Waals surface area contributed by atoms with Crippen molar-refractivity contribution in [3.63, 3.8) is 0 Å². The second-order valence-electron chi connectivity index (χ2n) is 8.19. The predicted octanol–water partition coefficient (Wildman–Crippen LogP) is 5.46. The number of amides is 2. The fraction of sp³-hybridized carbons (Fsp3) is 0.440. The van der Waals surface area contributed by atoms with Gasteiger partial charge in [-0.3, -0.25) is 9.59 Å². The van der Waals surface area contributed by atoms with Gasteiger partial charge in [0.2, 0.25) is 11.8 Å². The van der Waals surface area contributed by atoms with Crippen LogP contribution in [-0.2, 0) is 21.9 Å². The van der Waals surface area contributed by atoms with Crippen LogP contribution in [0.3, 0.4) is 0 Å². The van der Waals surface area contributed by atoms with Crippen LogP contribution in [0.2, 0.25) is 5.02 Å². The molecule has 2 aromatic carbocycles. The van der Waals surface area contributed by atoms with Crippen molar-refractivity contribution >= 4 is 35.2 Å². The molecule has 1 N–H and O–H groups in total. The van der Waals surface area contributed by atoms with Gasteiger partial charge in [0.05, 0.1) is 5.75 Å². The lowest BCUT2D eigenvalue weighted by Gasteiger charge is -2.31. The fourth-order valence-corrected chi connectivity index (χ4v) is 4.25. The maximum atomic E-state index is 13.2. The molecule has 0 bridgehead atoms. The molecule has 0 aromatic heterocycles. The van der Waals surface area contributed by atoms with Gasteiger partial charge in [-0.15, -0.1) is 11.8 Å². The van der Waals surface area contributed by atoms with Crippen molar-refractivity contribution in [2.45, 2.75) is 52.5 Å². The normalized spacial score (nSPS) is 11.9. The van der Waals surface area contributed by atoms with E-state index in [2.05, 4.69) is 44.3 Å². The molecule has 168 valence electrons. The van der Waals surface area contributed by atoms with Gasteiger partial charge in [0, 0.05) is 23.9 Å². The molecule has 0 spiro atoms. The quantitative estimate of drug-likeness (QED) is 0.484. The summed E-state index contributed by atoms with van der Waals surface area (Å²) in [6, 6.07) is 15.2. The number of thioether (sulfide) groups is 1. The number of rotatable bonds is 11. The molecule has 0 aliphatic rings. The smallest absolute Gasteiger partial charge is 0.242 e. The van der Waals surface area contributed by atoms with Crippen molar-refractivity contribution in [2.75, 3.05) is 12.3 Å². The Hall–Kier alpha value is -1.98. The van der Waals surface area contributed by atoms with Crippen LogP contribution < -0.4 is 5.32 Å². The Balaban J connectivity index is 2.11. The van der Waals surface area contributed by atoms with Gasteiger partial charge in [-0.05, 0) is 42.5 Å². The summed E-state index contributed by atoms with van der Waals surface area (Å²) in [7, 11) is 0. The van der Waals surface area contributed by atoms with E-state index in [9.17, 15) is 9.59 Å². The van der Waals surface area contributed by atoms with Gasteiger partial charge in [0.1, 0.15) is 6.04 Å². The Morgan fingerprint density at radius 3 is 2.42 bits per heavy atom. The molecule has 31 heavy (non-hydrogen) atoms. The SMILES string of the molecule is CC[C@@H](C(=O)NCC(C)C)N(Cc1ccc(Cl)cc1)C(=O)CSCc1cccc(C)c1. The highest BCUT2D eigenvalue weighted by molar-refractivity contribution is 7.99. The first kappa shape index (κ1) is 25.3. The molecule has 2 rings (SSSR count). The number of benzene rings is 2. The van der Waals surface area contributed by atoms with E-state index in [1.807, 2.05) is 37.3 Å². The molecule has 2 aromatic rings. The zero-order valence-electron chi connectivity index (χ0n) is 18.9. The first-order valence-electron chi connectivity index (χ1n) is 10.7. The van der Waals surface area contributed by atoms with Crippen molar-refractivity contribution in [1.82, 2.24) is 10.2 Å². The molecule has 0 saturated heterocycles. The number of halogens is 1. The average molecular weight is 461 g/mol. The van der Waals surface area contributed by atoms with Crippen molar-refractivity contribution in [3.05, 3.63) is 70.2 Å². The highest BCUT2D eigenvalue weighted by atomic mass is 35.5. The minimum atomic E-state index is -0.499. The zero-order chi connectivity index (χ0) is 22.8. The van der Waals surface area contributed by atoms with Crippen molar-refractivity contribution in [1.29, 1.82) is 0 Å². The molecule has 0 unspecified atom stereocenters. The number of nitrogens with one attached hydrogen (secondary N) is 1.